The number of alkyl halides is 6. The molecule has 118 valence electrons. The fourth-order valence-corrected chi connectivity index (χ4v) is 2.08. The van der Waals surface area contributed by atoms with Crippen LogP contribution < -0.4 is 0 Å². The van der Waals surface area contributed by atoms with E-state index >= 15 is 0 Å². The molecule has 22 heavy (non-hydrogen) atoms. The second-order valence-electron chi connectivity index (χ2n) is 4.39. The van der Waals surface area contributed by atoms with Gasteiger partial charge in [-0.25, -0.2) is 0 Å². The molecule has 0 heterocycles. The minimum atomic E-state index is -5.37. The van der Waals surface area contributed by atoms with E-state index < -0.39 is 46.1 Å². The van der Waals surface area contributed by atoms with Gasteiger partial charge in [0.05, 0.1) is 11.1 Å². The number of hydrogen-bond acceptors (Lipinski definition) is 2. The number of hydrogen-bond donors (Lipinski definition) is 2. The van der Waals surface area contributed by atoms with Crippen molar-refractivity contribution in [1.29, 1.82) is 0 Å². The molecule has 0 aliphatic heterocycles. The van der Waals surface area contributed by atoms with Crippen molar-refractivity contribution >= 4 is 0 Å². The standard InChI is InChI=1S/C14H8F6O2/c15-13(16,17)8-5-6-10(22)11(12(8)14(18,19)20)7-3-1-2-4-9(7)21/h1-6,21-22H. The Hall–Kier alpha value is -2.38. The molecule has 2 aromatic rings. The molecule has 0 radical (unpaired) electrons. The third-order valence-corrected chi connectivity index (χ3v) is 2.95. The Labute approximate surface area is 120 Å². The van der Waals surface area contributed by atoms with Crippen LogP contribution in [0.4, 0.5) is 26.3 Å². The van der Waals surface area contributed by atoms with E-state index in [1.165, 1.54) is 12.1 Å². The van der Waals surface area contributed by atoms with Crippen molar-refractivity contribution in [3.8, 4) is 22.6 Å². The van der Waals surface area contributed by atoms with Crippen LogP contribution in [0.5, 0.6) is 11.5 Å². The SMILES string of the molecule is Oc1ccccc1-c1c(O)ccc(C(F)(F)F)c1C(F)(F)F. The highest BCUT2D eigenvalue weighted by molar-refractivity contribution is 5.80. The van der Waals surface area contributed by atoms with Gasteiger partial charge in [0.15, 0.2) is 0 Å². The van der Waals surface area contributed by atoms with Crippen LogP contribution in [0.3, 0.4) is 0 Å². The molecule has 0 fully saturated rings. The summed E-state index contributed by atoms with van der Waals surface area (Å²) in [4.78, 5) is 0. The van der Waals surface area contributed by atoms with Crippen molar-refractivity contribution < 1.29 is 36.6 Å². The summed E-state index contributed by atoms with van der Waals surface area (Å²) in [6.45, 7) is 0. The number of rotatable bonds is 1. The van der Waals surface area contributed by atoms with Crippen molar-refractivity contribution in [2.75, 3.05) is 0 Å². The summed E-state index contributed by atoms with van der Waals surface area (Å²) in [6, 6.07) is 5.18. The lowest BCUT2D eigenvalue weighted by Crippen LogP contribution is -2.18. The zero-order chi connectivity index (χ0) is 16.7. The topological polar surface area (TPSA) is 40.5 Å². The number of halogens is 6. The van der Waals surface area contributed by atoms with Crippen molar-refractivity contribution in [3.63, 3.8) is 0 Å². The molecule has 8 heteroatoms. The number of benzene rings is 2. The van der Waals surface area contributed by atoms with Gasteiger partial charge in [0.25, 0.3) is 0 Å². The molecule has 0 unspecified atom stereocenters. The van der Waals surface area contributed by atoms with Gasteiger partial charge in [-0.2, -0.15) is 26.3 Å². The van der Waals surface area contributed by atoms with E-state index in [1.807, 2.05) is 0 Å². The van der Waals surface area contributed by atoms with Gasteiger partial charge in [-0.05, 0) is 18.2 Å². The second kappa shape index (κ2) is 5.11. The maximum absolute atomic E-state index is 13.1. The minimum absolute atomic E-state index is 0.154. The number of phenolic OH excluding ortho intramolecular Hbond substituents is 2. The Kier molecular flexibility index (Phi) is 3.72. The molecule has 0 bridgehead atoms. The lowest BCUT2D eigenvalue weighted by atomic mass is 9.93. The molecule has 0 aliphatic carbocycles. The number of phenols is 2. The van der Waals surface area contributed by atoms with Crippen LogP contribution in [0.2, 0.25) is 0 Å². The first-order valence-corrected chi connectivity index (χ1v) is 5.82. The van der Waals surface area contributed by atoms with Crippen LogP contribution in [0.15, 0.2) is 36.4 Å². The summed E-state index contributed by atoms with van der Waals surface area (Å²) in [7, 11) is 0. The maximum atomic E-state index is 13.1. The Morgan fingerprint density at radius 1 is 0.682 bits per heavy atom. The highest BCUT2D eigenvalue weighted by Crippen LogP contribution is 2.49. The number of para-hydroxylation sites is 1. The molecule has 0 amide bonds. The van der Waals surface area contributed by atoms with E-state index in [2.05, 4.69) is 0 Å². The van der Waals surface area contributed by atoms with Crippen LogP contribution in [-0.2, 0) is 12.4 Å². The summed E-state index contributed by atoms with van der Waals surface area (Å²) in [6.07, 6.45) is -10.6. The van der Waals surface area contributed by atoms with Crippen molar-refractivity contribution in [3.05, 3.63) is 47.5 Å². The lowest BCUT2D eigenvalue weighted by Gasteiger charge is -2.20. The third kappa shape index (κ3) is 2.81. The predicted molar refractivity (Wildman–Crippen MR) is 65.2 cm³/mol. The van der Waals surface area contributed by atoms with E-state index in [0.29, 0.717) is 6.07 Å². The fourth-order valence-electron chi connectivity index (χ4n) is 2.08. The maximum Gasteiger partial charge on any atom is 0.417 e. The first kappa shape index (κ1) is 16.0. The first-order chi connectivity index (χ1) is 10.0. The Balaban J connectivity index is 2.93. The molecule has 0 aromatic heterocycles. The van der Waals surface area contributed by atoms with Gasteiger partial charge in [-0.3, -0.25) is 0 Å². The summed E-state index contributed by atoms with van der Waals surface area (Å²) in [5, 5.41) is 19.3. The van der Waals surface area contributed by atoms with Gasteiger partial charge in [-0.1, -0.05) is 18.2 Å². The molecule has 2 aromatic carbocycles. The highest BCUT2D eigenvalue weighted by Gasteiger charge is 2.46. The smallest absolute Gasteiger partial charge is 0.417 e. The summed E-state index contributed by atoms with van der Waals surface area (Å²) in [5.41, 5.74) is -5.63. The summed E-state index contributed by atoms with van der Waals surface area (Å²) >= 11 is 0. The van der Waals surface area contributed by atoms with Gasteiger partial charge in [0, 0.05) is 11.1 Å². The van der Waals surface area contributed by atoms with Crippen LogP contribution >= 0.6 is 0 Å². The van der Waals surface area contributed by atoms with Crippen molar-refractivity contribution in [1.82, 2.24) is 0 Å². The van der Waals surface area contributed by atoms with E-state index in [4.69, 9.17) is 0 Å². The van der Waals surface area contributed by atoms with Gasteiger partial charge < -0.3 is 10.2 Å². The van der Waals surface area contributed by atoms with Crippen molar-refractivity contribution in [2.24, 2.45) is 0 Å². The molecule has 2 nitrogen and oxygen atoms in total. The van der Waals surface area contributed by atoms with Gasteiger partial charge >= 0.3 is 12.4 Å². The summed E-state index contributed by atoms with van der Waals surface area (Å²) in [5.74, 6) is -1.69. The zero-order valence-electron chi connectivity index (χ0n) is 10.6. The van der Waals surface area contributed by atoms with E-state index in [0.717, 1.165) is 12.1 Å². The number of aromatic hydroxyl groups is 2. The molecule has 0 aliphatic rings. The molecule has 0 spiro atoms. The molecule has 2 N–H and O–H groups in total. The van der Waals surface area contributed by atoms with Crippen LogP contribution in [0, 0.1) is 0 Å². The third-order valence-electron chi connectivity index (χ3n) is 2.95. The molecular formula is C14H8F6O2. The van der Waals surface area contributed by atoms with Gasteiger partial charge in [0.2, 0.25) is 0 Å². The van der Waals surface area contributed by atoms with Gasteiger partial charge in [0.1, 0.15) is 11.5 Å². The van der Waals surface area contributed by atoms with Crippen molar-refractivity contribution in [2.45, 2.75) is 12.4 Å². The van der Waals surface area contributed by atoms with E-state index in [-0.39, 0.29) is 6.07 Å². The quantitative estimate of drug-likeness (QED) is 0.740. The van der Waals surface area contributed by atoms with E-state index in [9.17, 15) is 36.6 Å². The normalized spacial score (nSPS) is 12.5. The second-order valence-corrected chi connectivity index (χ2v) is 4.39. The van der Waals surface area contributed by atoms with E-state index in [1.54, 1.807) is 0 Å². The lowest BCUT2D eigenvalue weighted by molar-refractivity contribution is -0.161. The zero-order valence-corrected chi connectivity index (χ0v) is 10.6. The first-order valence-electron chi connectivity index (χ1n) is 5.82. The van der Waals surface area contributed by atoms with Crippen LogP contribution in [0.25, 0.3) is 11.1 Å². The fraction of sp³-hybridized carbons (Fsp3) is 0.143. The predicted octanol–water partition coefficient (Wildman–Crippen LogP) is 4.80. The average molecular weight is 322 g/mol. The molecule has 0 saturated carbocycles. The average Bonchev–Trinajstić information content (AvgIpc) is 2.37. The summed E-state index contributed by atoms with van der Waals surface area (Å²) < 4.78 is 78.0. The Morgan fingerprint density at radius 3 is 1.77 bits per heavy atom. The Bertz CT molecular complexity index is 703. The largest absolute Gasteiger partial charge is 0.507 e. The Morgan fingerprint density at radius 2 is 1.27 bits per heavy atom. The highest BCUT2D eigenvalue weighted by atomic mass is 19.4. The van der Waals surface area contributed by atoms with Crippen LogP contribution in [0.1, 0.15) is 11.1 Å². The molecule has 0 atom stereocenters. The molecule has 0 saturated heterocycles. The van der Waals surface area contributed by atoms with Crippen LogP contribution in [-0.4, -0.2) is 10.2 Å². The molecular weight excluding hydrogens is 314 g/mol. The molecule has 2 rings (SSSR count). The minimum Gasteiger partial charge on any atom is -0.507 e. The monoisotopic (exact) mass is 322 g/mol. The van der Waals surface area contributed by atoms with Gasteiger partial charge in [-0.15, -0.1) is 0 Å².